The molecule has 0 aliphatic carbocycles. The lowest BCUT2D eigenvalue weighted by molar-refractivity contribution is -0.126. The highest BCUT2D eigenvalue weighted by molar-refractivity contribution is 5.85. The molecule has 1 aliphatic rings. The van der Waals surface area contributed by atoms with Crippen molar-refractivity contribution in [3.8, 4) is 0 Å². The van der Waals surface area contributed by atoms with Gasteiger partial charge in [0, 0.05) is 19.0 Å². The van der Waals surface area contributed by atoms with E-state index in [1.54, 1.807) is 7.05 Å². The minimum absolute atomic E-state index is 0.138. The standard InChI is InChI=1S/C19H21N2O/c1-20-12-18(22)17-13-21(14-17)19(15-8-4-2-5-9-15)16-10-6-3-7-11-16/h2-11,17,19H,12-14H2,1H3/q-1. The third-order valence-corrected chi connectivity index (χ3v) is 4.27. The molecule has 0 unspecified atom stereocenters. The molecular weight excluding hydrogens is 272 g/mol. The highest BCUT2D eigenvalue weighted by atomic mass is 16.1. The van der Waals surface area contributed by atoms with Crippen LogP contribution in [0.4, 0.5) is 0 Å². The first-order valence-corrected chi connectivity index (χ1v) is 7.72. The maximum atomic E-state index is 11.9. The zero-order chi connectivity index (χ0) is 15.4. The Bertz CT molecular complexity index is 566. The Morgan fingerprint density at radius 1 is 1.05 bits per heavy atom. The minimum Gasteiger partial charge on any atom is -0.659 e. The van der Waals surface area contributed by atoms with Crippen molar-refractivity contribution in [3.63, 3.8) is 0 Å². The monoisotopic (exact) mass is 293 g/mol. The number of hydrogen-bond acceptors (Lipinski definition) is 2. The second-order valence-corrected chi connectivity index (χ2v) is 5.82. The smallest absolute Gasteiger partial charge is 0.118 e. The third-order valence-electron chi connectivity index (χ3n) is 4.27. The van der Waals surface area contributed by atoms with E-state index in [9.17, 15) is 4.79 Å². The van der Waals surface area contributed by atoms with Crippen LogP contribution in [0.1, 0.15) is 17.2 Å². The van der Waals surface area contributed by atoms with Gasteiger partial charge < -0.3 is 10.1 Å². The summed E-state index contributed by atoms with van der Waals surface area (Å²) in [6.45, 7) is 1.99. The quantitative estimate of drug-likeness (QED) is 0.819. The van der Waals surface area contributed by atoms with Crippen molar-refractivity contribution in [3.05, 3.63) is 77.1 Å². The molecule has 1 fully saturated rings. The number of hydrogen-bond donors (Lipinski definition) is 0. The lowest BCUT2D eigenvalue weighted by atomic mass is 9.88. The van der Waals surface area contributed by atoms with Gasteiger partial charge in [0.05, 0.1) is 6.04 Å². The molecule has 2 aromatic carbocycles. The van der Waals surface area contributed by atoms with Crippen molar-refractivity contribution in [2.24, 2.45) is 5.92 Å². The van der Waals surface area contributed by atoms with Gasteiger partial charge in [-0.2, -0.15) is 7.05 Å². The van der Waals surface area contributed by atoms with Crippen molar-refractivity contribution >= 4 is 5.78 Å². The van der Waals surface area contributed by atoms with Crippen LogP contribution in [-0.4, -0.2) is 37.4 Å². The summed E-state index contributed by atoms with van der Waals surface area (Å²) in [7, 11) is 1.70. The summed E-state index contributed by atoms with van der Waals surface area (Å²) in [4.78, 5) is 14.3. The first kappa shape index (κ1) is 14.9. The molecule has 3 heteroatoms. The zero-order valence-corrected chi connectivity index (χ0v) is 12.9. The molecule has 0 atom stereocenters. The molecule has 0 amide bonds. The Balaban J connectivity index is 1.79. The molecule has 0 spiro atoms. The topological polar surface area (TPSA) is 34.4 Å². The summed E-state index contributed by atoms with van der Waals surface area (Å²) in [6.07, 6.45) is 0. The molecule has 3 nitrogen and oxygen atoms in total. The number of benzene rings is 2. The van der Waals surface area contributed by atoms with E-state index in [0.29, 0.717) is 6.54 Å². The van der Waals surface area contributed by atoms with Crippen LogP contribution in [0.5, 0.6) is 0 Å². The molecule has 22 heavy (non-hydrogen) atoms. The van der Waals surface area contributed by atoms with Crippen molar-refractivity contribution < 1.29 is 4.79 Å². The van der Waals surface area contributed by atoms with Crippen LogP contribution in [0.25, 0.3) is 5.32 Å². The van der Waals surface area contributed by atoms with E-state index in [-0.39, 0.29) is 17.7 Å². The molecule has 0 saturated carbocycles. The maximum absolute atomic E-state index is 11.9. The molecule has 1 heterocycles. The number of likely N-dealkylation sites (N-methyl/N-ethyl adjacent to an activating group) is 1. The number of nitrogens with zero attached hydrogens (tertiary/aromatic N) is 2. The predicted octanol–water partition coefficient (Wildman–Crippen LogP) is 3.28. The Kier molecular flexibility index (Phi) is 4.66. The van der Waals surface area contributed by atoms with E-state index in [4.69, 9.17) is 0 Å². The van der Waals surface area contributed by atoms with E-state index in [2.05, 4.69) is 58.7 Å². The molecular formula is C19H21N2O-. The average molecular weight is 293 g/mol. The predicted molar refractivity (Wildman–Crippen MR) is 88.9 cm³/mol. The number of ketones is 1. The molecule has 0 bridgehead atoms. The molecule has 2 aromatic rings. The summed E-state index contributed by atoms with van der Waals surface area (Å²) >= 11 is 0. The normalized spacial score (nSPS) is 15.7. The Labute approximate surface area is 132 Å². The van der Waals surface area contributed by atoms with Gasteiger partial charge in [-0.3, -0.25) is 4.90 Å². The van der Waals surface area contributed by atoms with Crippen LogP contribution in [-0.2, 0) is 4.79 Å². The van der Waals surface area contributed by atoms with Gasteiger partial charge in [-0.05, 0) is 11.1 Å². The van der Waals surface area contributed by atoms with E-state index in [0.717, 1.165) is 13.1 Å². The van der Waals surface area contributed by atoms with Gasteiger partial charge >= 0.3 is 0 Å². The summed E-state index contributed by atoms with van der Waals surface area (Å²) < 4.78 is 0. The van der Waals surface area contributed by atoms with E-state index >= 15 is 0 Å². The van der Waals surface area contributed by atoms with Gasteiger partial charge in [0.25, 0.3) is 0 Å². The fourth-order valence-corrected chi connectivity index (χ4v) is 3.10. The maximum Gasteiger partial charge on any atom is 0.118 e. The first-order valence-electron chi connectivity index (χ1n) is 7.72. The number of carbonyl (C=O) groups excluding carboxylic acids is 1. The van der Waals surface area contributed by atoms with Crippen molar-refractivity contribution in [1.29, 1.82) is 0 Å². The third kappa shape index (κ3) is 3.11. The van der Waals surface area contributed by atoms with E-state index < -0.39 is 0 Å². The van der Waals surface area contributed by atoms with Crippen LogP contribution in [0.2, 0.25) is 0 Å². The van der Waals surface area contributed by atoms with Crippen molar-refractivity contribution in [2.45, 2.75) is 6.04 Å². The Morgan fingerprint density at radius 2 is 1.55 bits per heavy atom. The number of Topliss-reactive ketones (excluding diaryl/α,β-unsaturated/α-hetero) is 1. The second-order valence-electron chi connectivity index (χ2n) is 5.82. The van der Waals surface area contributed by atoms with E-state index in [1.165, 1.54) is 11.1 Å². The number of carbonyl (C=O) groups is 1. The van der Waals surface area contributed by atoms with Gasteiger partial charge in [-0.25, -0.2) is 0 Å². The summed E-state index contributed by atoms with van der Waals surface area (Å²) in [5.41, 5.74) is 2.56. The van der Waals surface area contributed by atoms with Crippen molar-refractivity contribution in [1.82, 2.24) is 4.90 Å². The molecule has 0 N–H and O–H groups in total. The fraction of sp³-hybridized carbons (Fsp3) is 0.316. The van der Waals surface area contributed by atoms with Crippen LogP contribution < -0.4 is 0 Å². The van der Waals surface area contributed by atoms with Crippen LogP contribution in [0.3, 0.4) is 0 Å². The second kappa shape index (κ2) is 6.86. The first-order chi connectivity index (χ1) is 10.8. The van der Waals surface area contributed by atoms with Crippen LogP contribution >= 0.6 is 0 Å². The van der Waals surface area contributed by atoms with Gasteiger partial charge in [-0.1, -0.05) is 67.2 Å². The van der Waals surface area contributed by atoms with Crippen molar-refractivity contribution in [2.75, 3.05) is 26.7 Å². The SMILES string of the molecule is C[N-]CC(=O)C1CN(C(c2ccccc2)c2ccccc2)C1. The molecule has 3 rings (SSSR count). The highest BCUT2D eigenvalue weighted by Crippen LogP contribution is 2.34. The molecule has 1 saturated heterocycles. The minimum atomic E-state index is 0.138. The lowest BCUT2D eigenvalue weighted by Crippen LogP contribution is -2.52. The lowest BCUT2D eigenvalue weighted by Gasteiger charge is -2.44. The summed E-state index contributed by atoms with van der Waals surface area (Å²) in [6, 6.07) is 21.2. The number of likely N-dealkylation sites (tertiary alicyclic amines) is 1. The van der Waals surface area contributed by atoms with Gasteiger partial charge in [-0.15, -0.1) is 0 Å². The van der Waals surface area contributed by atoms with Crippen LogP contribution in [0.15, 0.2) is 60.7 Å². The largest absolute Gasteiger partial charge is 0.659 e. The van der Waals surface area contributed by atoms with Gasteiger partial charge in [0.15, 0.2) is 0 Å². The van der Waals surface area contributed by atoms with Gasteiger partial charge in [0.1, 0.15) is 5.78 Å². The zero-order valence-electron chi connectivity index (χ0n) is 12.9. The molecule has 0 radical (unpaired) electrons. The van der Waals surface area contributed by atoms with Crippen LogP contribution in [0, 0.1) is 5.92 Å². The molecule has 114 valence electrons. The average Bonchev–Trinajstić information content (AvgIpc) is 2.52. The number of rotatable bonds is 6. The summed E-state index contributed by atoms with van der Waals surface area (Å²) in [5.74, 6) is 0.400. The highest BCUT2D eigenvalue weighted by Gasteiger charge is 2.36. The Hall–Kier alpha value is -1.97. The molecule has 1 aliphatic heterocycles. The fourth-order valence-electron chi connectivity index (χ4n) is 3.10. The molecule has 0 aromatic heterocycles. The van der Waals surface area contributed by atoms with Gasteiger partial charge in [0.2, 0.25) is 0 Å². The van der Waals surface area contributed by atoms with E-state index in [1.807, 2.05) is 12.1 Å². The Morgan fingerprint density at radius 3 is 2.00 bits per heavy atom. The summed E-state index contributed by atoms with van der Waals surface area (Å²) in [5, 5.41) is 3.96.